The average Bonchev–Trinajstić information content (AvgIpc) is 2.89. The summed E-state index contributed by atoms with van der Waals surface area (Å²) in [6, 6.07) is 4.25. The molecule has 0 radical (unpaired) electrons. The number of nitrogens with zero attached hydrogens (tertiary/aromatic N) is 2. The first-order valence-corrected chi connectivity index (χ1v) is 6.11. The summed E-state index contributed by atoms with van der Waals surface area (Å²) in [6.07, 6.45) is 3.89. The molecule has 0 aliphatic rings. The molecule has 0 saturated heterocycles. The molecule has 0 aliphatic heterocycles. The third-order valence-electron chi connectivity index (χ3n) is 2.52. The van der Waals surface area contributed by atoms with E-state index in [1.807, 2.05) is 17.1 Å². The highest BCUT2D eigenvalue weighted by molar-refractivity contribution is 7.12. The van der Waals surface area contributed by atoms with E-state index in [1.54, 1.807) is 11.3 Å². The van der Waals surface area contributed by atoms with E-state index in [9.17, 15) is 0 Å². The Morgan fingerprint density at radius 2 is 2.38 bits per heavy atom. The number of thiophene rings is 1. The van der Waals surface area contributed by atoms with E-state index in [4.69, 9.17) is 5.84 Å². The van der Waals surface area contributed by atoms with Crippen LogP contribution in [0.4, 0.5) is 0 Å². The number of nitrogens with two attached hydrogens (primary N) is 1. The SMILES string of the molecule is CCn1cc(C(NN)c2ccc(C)s2)cn1. The van der Waals surface area contributed by atoms with Gasteiger partial charge in [0.25, 0.3) is 0 Å². The van der Waals surface area contributed by atoms with E-state index in [1.165, 1.54) is 9.75 Å². The van der Waals surface area contributed by atoms with Crippen molar-refractivity contribution < 1.29 is 0 Å². The molecule has 2 rings (SSSR count). The van der Waals surface area contributed by atoms with E-state index in [0.717, 1.165) is 12.1 Å². The van der Waals surface area contributed by atoms with Crippen molar-refractivity contribution in [3.05, 3.63) is 39.8 Å². The van der Waals surface area contributed by atoms with Gasteiger partial charge in [-0.3, -0.25) is 10.5 Å². The van der Waals surface area contributed by atoms with Crippen molar-refractivity contribution in [2.24, 2.45) is 5.84 Å². The zero-order valence-electron chi connectivity index (χ0n) is 9.47. The largest absolute Gasteiger partial charge is 0.273 e. The van der Waals surface area contributed by atoms with Crippen molar-refractivity contribution in [1.29, 1.82) is 0 Å². The van der Waals surface area contributed by atoms with Gasteiger partial charge >= 0.3 is 0 Å². The molecule has 0 saturated carbocycles. The molecule has 0 aromatic carbocycles. The molecule has 16 heavy (non-hydrogen) atoms. The van der Waals surface area contributed by atoms with Crippen molar-refractivity contribution in [2.75, 3.05) is 0 Å². The molecule has 0 aliphatic carbocycles. The molecule has 0 spiro atoms. The third-order valence-corrected chi connectivity index (χ3v) is 3.59. The molecule has 1 atom stereocenters. The fraction of sp³-hybridized carbons (Fsp3) is 0.364. The van der Waals surface area contributed by atoms with Crippen molar-refractivity contribution in [3.63, 3.8) is 0 Å². The van der Waals surface area contributed by atoms with Gasteiger partial charge in [-0.15, -0.1) is 11.3 Å². The Morgan fingerprint density at radius 1 is 1.56 bits per heavy atom. The summed E-state index contributed by atoms with van der Waals surface area (Å²) in [5.74, 6) is 5.62. The van der Waals surface area contributed by atoms with Gasteiger partial charge in [0.05, 0.1) is 12.2 Å². The zero-order chi connectivity index (χ0) is 11.5. The van der Waals surface area contributed by atoms with E-state index in [2.05, 4.69) is 36.5 Å². The van der Waals surface area contributed by atoms with Crippen LogP contribution >= 0.6 is 11.3 Å². The summed E-state index contributed by atoms with van der Waals surface area (Å²) < 4.78 is 1.90. The summed E-state index contributed by atoms with van der Waals surface area (Å²) in [4.78, 5) is 2.51. The molecule has 0 amide bonds. The van der Waals surface area contributed by atoms with E-state index in [-0.39, 0.29) is 6.04 Å². The fourth-order valence-corrected chi connectivity index (χ4v) is 2.62. The lowest BCUT2D eigenvalue weighted by molar-refractivity contribution is 0.637. The van der Waals surface area contributed by atoms with Crippen LogP contribution in [0.2, 0.25) is 0 Å². The molecule has 0 bridgehead atoms. The molecule has 1 unspecified atom stereocenters. The maximum Gasteiger partial charge on any atom is 0.0833 e. The maximum absolute atomic E-state index is 5.62. The second-order valence-corrected chi connectivity index (χ2v) is 5.00. The van der Waals surface area contributed by atoms with Crippen molar-refractivity contribution in [2.45, 2.75) is 26.4 Å². The monoisotopic (exact) mass is 236 g/mol. The number of nitrogens with one attached hydrogen (secondary N) is 1. The van der Waals surface area contributed by atoms with Gasteiger partial charge < -0.3 is 0 Å². The van der Waals surface area contributed by atoms with Crippen LogP contribution in [0.3, 0.4) is 0 Å². The highest BCUT2D eigenvalue weighted by Crippen LogP contribution is 2.27. The molecule has 5 heteroatoms. The summed E-state index contributed by atoms with van der Waals surface area (Å²) in [7, 11) is 0. The van der Waals surface area contributed by atoms with Gasteiger partial charge in [-0.2, -0.15) is 5.10 Å². The number of hydrazine groups is 1. The molecular weight excluding hydrogens is 220 g/mol. The maximum atomic E-state index is 5.62. The number of aromatic nitrogens is 2. The van der Waals surface area contributed by atoms with E-state index < -0.39 is 0 Å². The molecule has 2 aromatic heterocycles. The Labute approximate surface area is 99.1 Å². The van der Waals surface area contributed by atoms with Crippen LogP contribution in [-0.4, -0.2) is 9.78 Å². The van der Waals surface area contributed by atoms with Crippen LogP contribution in [0, 0.1) is 6.92 Å². The molecule has 0 fully saturated rings. The van der Waals surface area contributed by atoms with Gasteiger partial charge in [0, 0.05) is 28.1 Å². The van der Waals surface area contributed by atoms with Crippen LogP contribution in [0.15, 0.2) is 24.5 Å². The lowest BCUT2D eigenvalue weighted by Crippen LogP contribution is -2.27. The van der Waals surface area contributed by atoms with Crippen molar-refractivity contribution in [3.8, 4) is 0 Å². The van der Waals surface area contributed by atoms with Crippen LogP contribution in [0.5, 0.6) is 0 Å². The second kappa shape index (κ2) is 4.78. The van der Waals surface area contributed by atoms with E-state index in [0.29, 0.717) is 0 Å². The normalized spacial score (nSPS) is 12.9. The topological polar surface area (TPSA) is 55.9 Å². The number of hydrogen-bond donors (Lipinski definition) is 2. The Kier molecular flexibility index (Phi) is 3.38. The Morgan fingerprint density at radius 3 is 2.88 bits per heavy atom. The predicted molar refractivity (Wildman–Crippen MR) is 66.1 cm³/mol. The number of hydrogen-bond acceptors (Lipinski definition) is 4. The Bertz CT molecular complexity index is 460. The molecule has 86 valence electrons. The van der Waals surface area contributed by atoms with Crippen LogP contribution < -0.4 is 11.3 Å². The summed E-state index contributed by atoms with van der Waals surface area (Å²) in [5.41, 5.74) is 3.95. The van der Waals surface area contributed by atoms with Crippen molar-refractivity contribution >= 4 is 11.3 Å². The zero-order valence-corrected chi connectivity index (χ0v) is 10.3. The third kappa shape index (κ3) is 2.16. The Balaban J connectivity index is 2.28. The smallest absolute Gasteiger partial charge is 0.0833 e. The first-order valence-electron chi connectivity index (χ1n) is 5.29. The highest BCUT2D eigenvalue weighted by Gasteiger charge is 2.15. The van der Waals surface area contributed by atoms with Gasteiger partial charge in [0.2, 0.25) is 0 Å². The minimum Gasteiger partial charge on any atom is -0.273 e. The van der Waals surface area contributed by atoms with Gasteiger partial charge in [-0.1, -0.05) is 0 Å². The summed E-state index contributed by atoms with van der Waals surface area (Å²) >= 11 is 1.75. The van der Waals surface area contributed by atoms with Gasteiger partial charge in [0.1, 0.15) is 0 Å². The summed E-state index contributed by atoms with van der Waals surface area (Å²) in [6.45, 7) is 5.04. The molecule has 3 N–H and O–H groups in total. The number of aryl methyl sites for hydroxylation is 2. The molecule has 2 heterocycles. The fourth-order valence-electron chi connectivity index (χ4n) is 1.65. The summed E-state index contributed by atoms with van der Waals surface area (Å²) in [5, 5.41) is 4.26. The standard InChI is InChI=1S/C11H16N4S/c1-3-15-7-9(6-13-15)11(14-12)10-5-4-8(2)16-10/h4-7,11,14H,3,12H2,1-2H3. The van der Waals surface area contributed by atoms with Gasteiger partial charge in [-0.25, -0.2) is 5.43 Å². The number of rotatable bonds is 4. The van der Waals surface area contributed by atoms with Gasteiger partial charge in [-0.05, 0) is 26.0 Å². The minimum absolute atomic E-state index is 0.0407. The average molecular weight is 236 g/mol. The van der Waals surface area contributed by atoms with Crippen LogP contribution in [-0.2, 0) is 6.54 Å². The molecule has 2 aromatic rings. The predicted octanol–water partition coefficient (Wildman–Crippen LogP) is 1.83. The lowest BCUT2D eigenvalue weighted by atomic mass is 10.1. The van der Waals surface area contributed by atoms with Crippen LogP contribution in [0.1, 0.15) is 28.3 Å². The first-order chi connectivity index (χ1) is 7.74. The lowest BCUT2D eigenvalue weighted by Gasteiger charge is -2.11. The minimum atomic E-state index is 0.0407. The molecule has 4 nitrogen and oxygen atoms in total. The molecular formula is C11H16N4S. The highest BCUT2D eigenvalue weighted by atomic mass is 32.1. The van der Waals surface area contributed by atoms with Crippen LogP contribution in [0.25, 0.3) is 0 Å². The van der Waals surface area contributed by atoms with Crippen molar-refractivity contribution in [1.82, 2.24) is 15.2 Å². The van der Waals surface area contributed by atoms with E-state index >= 15 is 0 Å². The Hall–Kier alpha value is -1.17. The second-order valence-electron chi connectivity index (χ2n) is 3.68. The first kappa shape index (κ1) is 11.3. The quantitative estimate of drug-likeness (QED) is 0.629. The van der Waals surface area contributed by atoms with Gasteiger partial charge in [0.15, 0.2) is 0 Å².